The number of fused-ring (bicyclic) bond motifs is 1. The van der Waals surface area contributed by atoms with Crippen LogP contribution < -0.4 is 5.73 Å². The highest BCUT2D eigenvalue weighted by atomic mass is 16.5. The number of esters is 1. The number of hydrogen-bond donors (Lipinski definition) is 2. The number of aryl methyl sites for hydroxylation is 2. The second kappa shape index (κ2) is 7.07. The Balaban J connectivity index is 1.51. The van der Waals surface area contributed by atoms with Crippen molar-refractivity contribution in [1.29, 1.82) is 0 Å². The van der Waals surface area contributed by atoms with Gasteiger partial charge < -0.3 is 15.0 Å². The Hall–Kier alpha value is -2.97. The van der Waals surface area contributed by atoms with Crippen molar-refractivity contribution in [2.24, 2.45) is 0 Å². The minimum absolute atomic E-state index is 0.287. The maximum absolute atomic E-state index is 11.9. The molecule has 24 heavy (non-hydrogen) atoms. The first-order valence-electron chi connectivity index (χ1n) is 7.81. The van der Waals surface area contributed by atoms with Crippen LogP contribution in [0.5, 0.6) is 0 Å². The summed E-state index contributed by atoms with van der Waals surface area (Å²) in [7, 11) is 0. The maximum atomic E-state index is 11.9. The van der Waals surface area contributed by atoms with Crippen molar-refractivity contribution < 1.29 is 9.53 Å². The third-order valence-corrected chi connectivity index (χ3v) is 3.57. The van der Waals surface area contributed by atoms with Gasteiger partial charge in [0.05, 0.1) is 12.9 Å². The fraction of sp³-hybridized carbons (Fsp3) is 0.400. The van der Waals surface area contributed by atoms with E-state index in [1.807, 2.05) is 4.57 Å². The first kappa shape index (κ1) is 15.9. The van der Waals surface area contributed by atoms with Crippen LogP contribution in [-0.4, -0.2) is 42.3 Å². The molecule has 3 rings (SSSR count). The van der Waals surface area contributed by atoms with Gasteiger partial charge in [-0.25, -0.2) is 19.7 Å². The van der Waals surface area contributed by atoms with E-state index in [2.05, 4.69) is 32.1 Å². The number of aromatic nitrogens is 6. The zero-order valence-corrected chi connectivity index (χ0v) is 13.4. The molecule has 9 heteroatoms. The average Bonchev–Trinajstić information content (AvgIpc) is 3.20. The van der Waals surface area contributed by atoms with Crippen LogP contribution in [0.15, 0.2) is 18.7 Å². The van der Waals surface area contributed by atoms with Crippen LogP contribution in [0.4, 0.5) is 5.82 Å². The molecular formula is C15H19N7O2. The Morgan fingerprint density at radius 1 is 1.38 bits per heavy atom. The zero-order valence-electron chi connectivity index (χ0n) is 13.4. The van der Waals surface area contributed by atoms with E-state index in [-0.39, 0.29) is 6.61 Å². The van der Waals surface area contributed by atoms with Gasteiger partial charge in [-0.3, -0.25) is 5.10 Å². The quantitative estimate of drug-likeness (QED) is 0.495. The first-order valence-corrected chi connectivity index (χ1v) is 7.81. The summed E-state index contributed by atoms with van der Waals surface area (Å²) in [5.41, 5.74) is 8.24. The highest BCUT2D eigenvalue weighted by Crippen LogP contribution is 2.14. The molecule has 9 nitrogen and oxygen atoms in total. The Kier molecular flexibility index (Phi) is 4.69. The standard InChI is InChI=1S/C15H19N7O2/c1-2-4-10-7-11(21-20-10)15(23)24-6-3-5-22-9-19-12-13(16)17-8-18-14(12)22/h7-9H,2-6H2,1H3,(H,20,21)(H2,16,17,18). The number of carbonyl (C=O) groups is 1. The molecule has 0 fully saturated rings. The van der Waals surface area contributed by atoms with Crippen molar-refractivity contribution in [1.82, 2.24) is 29.7 Å². The SMILES string of the molecule is CCCc1cc(C(=O)OCCCn2cnc3c(N)ncnc32)n[nH]1. The molecule has 0 aromatic carbocycles. The van der Waals surface area contributed by atoms with Gasteiger partial charge in [0.15, 0.2) is 17.2 Å². The van der Waals surface area contributed by atoms with Gasteiger partial charge in [-0.05, 0) is 18.9 Å². The minimum Gasteiger partial charge on any atom is -0.461 e. The second-order valence-corrected chi connectivity index (χ2v) is 5.39. The normalized spacial score (nSPS) is 11.0. The molecule has 3 aromatic heterocycles. The fourth-order valence-corrected chi connectivity index (χ4v) is 2.40. The Morgan fingerprint density at radius 3 is 3.08 bits per heavy atom. The number of anilines is 1. The van der Waals surface area contributed by atoms with Crippen molar-refractivity contribution in [3.8, 4) is 0 Å². The van der Waals surface area contributed by atoms with Crippen LogP contribution in [0, 0.1) is 0 Å². The van der Waals surface area contributed by atoms with Crippen molar-refractivity contribution >= 4 is 23.0 Å². The third kappa shape index (κ3) is 3.34. The van der Waals surface area contributed by atoms with Crippen LogP contribution in [0.25, 0.3) is 11.2 Å². The van der Waals surface area contributed by atoms with Gasteiger partial charge in [-0.2, -0.15) is 5.10 Å². The lowest BCUT2D eigenvalue weighted by Crippen LogP contribution is -2.09. The number of rotatable bonds is 7. The molecular weight excluding hydrogens is 310 g/mol. The molecule has 3 aromatic rings. The molecule has 0 saturated carbocycles. The van der Waals surface area contributed by atoms with Gasteiger partial charge in [0.1, 0.15) is 11.8 Å². The molecule has 0 amide bonds. The predicted octanol–water partition coefficient (Wildman–Crippen LogP) is 1.33. The van der Waals surface area contributed by atoms with Crippen molar-refractivity contribution in [3.63, 3.8) is 0 Å². The van der Waals surface area contributed by atoms with Gasteiger partial charge in [0, 0.05) is 12.2 Å². The third-order valence-electron chi connectivity index (χ3n) is 3.57. The number of H-pyrrole nitrogens is 1. The molecule has 0 aliphatic carbocycles. The number of imidazole rings is 1. The van der Waals surface area contributed by atoms with E-state index < -0.39 is 5.97 Å². The lowest BCUT2D eigenvalue weighted by molar-refractivity contribution is 0.0489. The van der Waals surface area contributed by atoms with E-state index in [4.69, 9.17) is 10.5 Å². The van der Waals surface area contributed by atoms with Gasteiger partial charge >= 0.3 is 5.97 Å². The number of nitrogens with one attached hydrogen (secondary N) is 1. The zero-order chi connectivity index (χ0) is 16.9. The van der Waals surface area contributed by atoms with Crippen LogP contribution in [-0.2, 0) is 17.7 Å². The van der Waals surface area contributed by atoms with Gasteiger partial charge in [-0.15, -0.1) is 0 Å². The lowest BCUT2D eigenvalue weighted by atomic mass is 10.2. The summed E-state index contributed by atoms with van der Waals surface area (Å²) < 4.78 is 7.10. The number of nitrogens with two attached hydrogens (primary N) is 1. The smallest absolute Gasteiger partial charge is 0.358 e. The number of carbonyl (C=O) groups excluding carboxylic acids is 1. The summed E-state index contributed by atoms with van der Waals surface area (Å²) in [6, 6.07) is 1.73. The summed E-state index contributed by atoms with van der Waals surface area (Å²) in [6.07, 6.45) is 5.54. The molecule has 0 unspecified atom stereocenters. The van der Waals surface area contributed by atoms with E-state index in [9.17, 15) is 4.79 Å². The number of nitrogens with zero attached hydrogens (tertiary/aromatic N) is 5. The van der Waals surface area contributed by atoms with E-state index in [0.717, 1.165) is 18.5 Å². The van der Waals surface area contributed by atoms with Crippen molar-refractivity contribution in [3.05, 3.63) is 30.1 Å². The molecule has 3 heterocycles. The van der Waals surface area contributed by atoms with Crippen LogP contribution in [0.3, 0.4) is 0 Å². The second-order valence-electron chi connectivity index (χ2n) is 5.39. The first-order chi connectivity index (χ1) is 11.7. The highest BCUT2D eigenvalue weighted by molar-refractivity contribution is 5.87. The summed E-state index contributed by atoms with van der Waals surface area (Å²) in [5.74, 6) is -0.0674. The lowest BCUT2D eigenvalue weighted by Gasteiger charge is -2.04. The summed E-state index contributed by atoms with van der Waals surface area (Å²) in [5, 5.41) is 6.80. The molecule has 0 saturated heterocycles. The Morgan fingerprint density at radius 2 is 2.25 bits per heavy atom. The van der Waals surface area contributed by atoms with E-state index in [1.54, 1.807) is 12.4 Å². The van der Waals surface area contributed by atoms with Crippen molar-refractivity contribution in [2.75, 3.05) is 12.3 Å². The van der Waals surface area contributed by atoms with Gasteiger partial charge in [-0.1, -0.05) is 13.3 Å². The molecule has 0 radical (unpaired) electrons. The maximum Gasteiger partial charge on any atom is 0.358 e. The van der Waals surface area contributed by atoms with Gasteiger partial charge in [0.2, 0.25) is 0 Å². The largest absolute Gasteiger partial charge is 0.461 e. The molecule has 0 bridgehead atoms. The van der Waals surface area contributed by atoms with Gasteiger partial charge in [0.25, 0.3) is 0 Å². The summed E-state index contributed by atoms with van der Waals surface area (Å²) >= 11 is 0. The predicted molar refractivity (Wildman–Crippen MR) is 87.2 cm³/mol. The van der Waals surface area contributed by atoms with E-state index in [1.165, 1.54) is 6.33 Å². The highest BCUT2D eigenvalue weighted by Gasteiger charge is 2.12. The minimum atomic E-state index is -0.421. The number of aromatic amines is 1. The average molecular weight is 329 g/mol. The Bertz CT molecular complexity index is 839. The molecule has 126 valence electrons. The molecule has 0 atom stereocenters. The van der Waals surface area contributed by atoms with Crippen LogP contribution in [0.2, 0.25) is 0 Å². The summed E-state index contributed by atoms with van der Waals surface area (Å²) in [4.78, 5) is 24.2. The molecule has 3 N–H and O–H groups in total. The topological polar surface area (TPSA) is 125 Å². The van der Waals surface area contributed by atoms with E-state index in [0.29, 0.717) is 35.6 Å². The van der Waals surface area contributed by atoms with Crippen molar-refractivity contribution in [2.45, 2.75) is 32.7 Å². The Labute approximate surface area is 138 Å². The summed E-state index contributed by atoms with van der Waals surface area (Å²) in [6.45, 7) is 2.97. The number of hydrogen-bond acceptors (Lipinski definition) is 7. The van der Waals surface area contributed by atoms with E-state index >= 15 is 0 Å². The number of nitrogen functional groups attached to an aromatic ring is 1. The van der Waals surface area contributed by atoms with Crippen LogP contribution in [0.1, 0.15) is 35.9 Å². The molecule has 0 spiro atoms. The molecule has 0 aliphatic rings. The van der Waals surface area contributed by atoms with Crippen LogP contribution >= 0.6 is 0 Å². The number of ether oxygens (including phenoxy) is 1. The monoisotopic (exact) mass is 329 g/mol. The fourth-order valence-electron chi connectivity index (χ4n) is 2.40. The molecule has 0 aliphatic heterocycles.